The molecular weight excluding hydrogens is 388 g/mol. The van der Waals surface area contributed by atoms with E-state index in [0.29, 0.717) is 25.4 Å². The number of morpholine rings is 1. The maximum absolute atomic E-state index is 13.3. The highest BCUT2D eigenvalue weighted by molar-refractivity contribution is 7.92. The van der Waals surface area contributed by atoms with Gasteiger partial charge in [-0.3, -0.25) is 9.10 Å². The van der Waals surface area contributed by atoms with Crippen molar-refractivity contribution >= 4 is 21.6 Å². The summed E-state index contributed by atoms with van der Waals surface area (Å²) in [6.45, 7) is 7.44. The summed E-state index contributed by atoms with van der Waals surface area (Å²) in [6, 6.07) is 15.6. The van der Waals surface area contributed by atoms with Crippen LogP contribution in [-0.4, -0.2) is 51.1 Å². The Morgan fingerprint density at radius 3 is 2.38 bits per heavy atom. The van der Waals surface area contributed by atoms with Crippen molar-refractivity contribution in [2.24, 2.45) is 0 Å². The quantitative estimate of drug-likeness (QED) is 0.725. The molecular formula is C22H28N2O4S. The number of hydrogen-bond donors (Lipinski definition) is 0. The monoisotopic (exact) mass is 416 g/mol. The van der Waals surface area contributed by atoms with Gasteiger partial charge in [0.25, 0.3) is 10.0 Å². The molecule has 0 atom stereocenters. The number of amides is 1. The summed E-state index contributed by atoms with van der Waals surface area (Å²) in [5.41, 5.74) is 1.20. The summed E-state index contributed by atoms with van der Waals surface area (Å²) >= 11 is 0. The van der Waals surface area contributed by atoms with Crippen LogP contribution < -0.4 is 4.31 Å². The second-order valence-electron chi connectivity index (χ2n) is 7.90. The van der Waals surface area contributed by atoms with E-state index in [4.69, 9.17) is 4.74 Å². The fraction of sp³-hybridized carbons (Fsp3) is 0.409. The highest BCUT2D eigenvalue weighted by Gasteiger charge is 2.31. The van der Waals surface area contributed by atoms with Crippen molar-refractivity contribution in [3.63, 3.8) is 0 Å². The zero-order valence-electron chi connectivity index (χ0n) is 17.2. The van der Waals surface area contributed by atoms with E-state index in [1.54, 1.807) is 47.4 Å². The molecule has 0 N–H and O–H groups in total. The number of nitrogens with zero attached hydrogens (tertiary/aromatic N) is 2. The fourth-order valence-electron chi connectivity index (χ4n) is 3.40. The Balaban J connectivity index is 1.82. The molecule has 29 heavy (non-hydrogen) atoms. The fourth-order valence-corrected chi connectivity index (χ4v) is 4.89. The number of carbonyl (C=O) groups is 1. The van der Waals surface area contributed by atoms with Gasteiger partial charge in [-0.05, 0) is 45.0 Å². The van der Waals surface area contributed by atoms with Gasteiger partial charge < -0.3 is 9.64 Å². The molecule has 0 aliphatic carbocycles. The summed E-state index contributed by atoms with van der Waals surface area (Å²) in [4.78, 5) is 14.8. The molecule has 0 spiro atoms. The Kier molecular flexibility index (Phi) is 6.29. The molecule has 2 aromatic carbocycles. The lowest BCUT2D eigenvalue weighted by molar-refractivity contribution is -0.145. The Hall–Kier alpha value is -2.38. The average Bonchev–Trinajstić information content (AvgIpc) is 2.69. The van der Waals surface area contributed by atoms with Crippen LogP contribution in [0.2, 0.25) is 0 Å². The van der Waals surface area contributed by atoms with Gasteiger partial charge >= 0.3 is 0 Å². The van der Waals surface area contributed by atoms with Crippen LogP contribution in [0.1, 0.15) is 25.8 Å². The normalized spacial score (nSPS) is 16.4. The van der Waals surface area contributed by atoms with Gasteiger partial charge in [0, 0.05) is 26.1 Å². The molecule has 0 aromatic heterocycles. The van der Waals surface area contributed by atoms with E-state index in [0.717, 1.165) is 5.56 Å². The molecule has 1 aliphatic heterocycles. The Labute approximate surface area is 173 Å². The van der Waals surface area contributed by atoms with E-state index in [1.807, 2.05) is 32.9 Å². The molecule has 156 valence electrons. The standard InChI is InChI=1S/C22H28N2O4S/c1-18-9-11-19(12-10-18)24(29(26,27)20-7-5-4-6-8-20)14-13-21(25)23-15-16-28-22(2,3)17-23/h4-12H,13-17H2,1-3H3. The lowest BCUT2D eigenvalue weighted by Crippen LogP contribution is -2.51. The Morgan fingerprint density at radius 1 is 1.10 bits per heavy atom. The summed E-state index contributed by atoms with van der Waals surface area (Å²) < 4.78 is 33.6. The predicted octanol–water partition coefficient (Wildman–Crippen LogP) is 3.22. The number of ether oxygens (including phenoxy) is 1. The molecule has 1 aliphatic rings. The molecule has 3 rings (SSSR count). The van der Waals surface area contributed by atoms with Crippen molar-refractivity contribution in [1.29, 1.82) is 0 Å². The number of anilines is 1. The van der Waals surface area contributed by atoms with Crippen LogP contribution in [-0.2, 0) is 19.6 Å². The zero-order valence-corrected chi connectivity index (χ0v) is 18.0. The van der Waals surface area contributed by atoms with E-state index >= 15 is 0 Å². The molecule has 0 bridgehead atoms. The molecule has 1 fully saturated rings. The molecule has 0 saturated carbocycles. The van der Waals surface area contributed by atoms with Gasteiger partial charge in [-0.1, -0.05) is 35.9 Å². The van der Waals surface area contributed by atoms with Gasteiger partial charge in [0.1, 0.15) is 0 Å². The van der Waals surface area contributed by atoms with Crippen LogP contribution >= 0.6 is 0 Å². The van der Waals surface area contributed by atoms with Gasteiger partial charge in [0.2, 0.25) is 5.91 Å². The van der Waals surface area contributed by atoms with E-state index in [-0.39, 0.29) is 29.4 Å². The molecule has 0 unspecified atom stereocenters. The SMILES string of the molecule is Cc1ccc(N(CCC(=O)N2CCOC(C)(C)C2)S(=O)(=O)c2ccccc2)cc1. The van der Waals surface area contributed by atoms with Crippen molar-refractivity contribution in [2.45, 2.75) is 37.7 Å². The maximum Gasteiger partial charge on any atom is 0.264 e. The van der Waals surface area contributed by atoms with Gasteiger partial charge in [0.05, 0.1) is 22.8 Å². The molecule has 6 nitrogen and oxygen atoms in total. The summed E-state index contributed by atoms with van der Waals surface area (Å²) in [7, 11) is -3.78. The van der Waals surface area contributed by atoms with Crippen molar-refractivity contribution in [2.75, 3.05) is 30.5 Å². The molecule has 1 amide bonds. The van der Waals surface area contributed by atoms with E-state index < -0.39 is 10.0 Å². The average molecular weight is 417 g/mol. The number of carbonyl (C=O) groups excluding carboxylic acids is 1. The van der Waals surface area contributed by atoms with Crippen molar-refractivity contribution in [3.05, 3.63) is 60.2 Å². The van der Waals surface area contributed by atoms with E-state index in [2.05, 4.69) is 0 Å². The number of sulfonamides is 1. The van der Waals surface area contributed by atoms with Crippen LogP contribution in [0, 0.1) is 6.92 Å². The third-order valence-corrected chi connectivity index (χ3v) is 6.80. The number of aryl methyl sites for hydroxylation is 1. The topological polar surface area (TPSA) is 66.9 Å². The van der Waals surface area contributed by atoms with Crippen molar-refractivity contribution in [1.82, 2.24) is 4.90 Å². The number of rotatable bonds is 6. The van der Waals surface area contributed by atoms with Gasteiger partial charge in [-0.15, -0.1) is 0 Å². The van der Waals surface area contributed by atoms with Crippen LogP contribution in [0.4, 0.5) is 5.69 Å². The maximum atomic E-state index is 13.3. The second kappa shape index (κ2) is 8.55. The Morgan fingerprint density at radius 2 is 1.76 bits per heavy atom. The van der Waals surface area contributed by atoms with Crippen LogP contribution in [0.3, 0.4) is 0 Å². The van der Waals surface area contributed by atoms with Crippen molar-refractivity contribution in [3.8, 4) is 0 Å². The molecule has 1 saturated heterocycles. The van der Waals surface area contributed by atoms with E-state index in [9.17, 15) is 13.2 Å². The summed E-state index contributed by atoms with van der Waals surface area (Å²) in [5, 5.41) is 0. The second-order valence-corrected chi connectivity index (χ2v) is 9.76. The lowest BCUT2D eigenvalue weighted by atomic mass is 10.1. The highest BCUT2D eigenvalue weighted by atomic mass is 32.2. The third kappa shape index (κ3) is 5.16. The van der Waals surface area contributed by atoms with Gasteiger partial charge in [0.15, 0.2) is 0 Å². The molecule has 7 heteroatoms. The highest BCUT2D eigenvalue weighted by Crippen LogP contribution is 2.25. The number of benzene rings is 2. The first-order chi connectivity index (χ1) is 13.7. The van der Waals surface area contributed by atoms with Crippen LogP contribution in [0.25, 0.3) is 0 Å². The van der Waals surface area contributed by atoms with Crippen LogP contribution in [0.5, 0.6) is 0 Å². The first-order valence-electron chi connectivity index (χ1n) is 9.75. The van der Waals surface area contributed by atoms with E-state index in [1.165, 1.54) is 4.31 Å². The predicted molar refractivity (Wildman–Crippen MR) is 113 cm³/mol. The minimum atomic E-state index is -3.78. The number of hydrogen-bond acceptors (Lipinski definition) is 4. The largest absolute Gasteiger partial charge is 0.372 e. The van der Waals surface area contributed by atoms with Crippen molar-refractivity contribution < 1.29 is 17.9 Å². The molecule has 2 aromatic rings. The van der Waals surface area contributed by atoms with Gasteiger partial charge in [-0.25, -0.2) is 8.42 Å². The summed E-state index contributed by atoms with van der Waals surface area (Å²) in [5.74, 6) is -0.0678. The van der Waals surface area contributed by atoms with Gasteiger partial charge in [-0.2, -0.15) is 0 Å². The molecule has 1 heterocycles. The minimum Gasteiger partial charge on any atom is -0.372 e. The van der Waals surface area contributed by atoms with Crippen LogP contribution in [0.15, 0.2) is 59.5 Å². The zero-order chi connectivity index (χ0) is 21.1. The lowest BCUT2D eigenvalue weighted by Gasteiger charge is -2.38. The summed E-state index contributed by atoms with van der Waals surface area (Å²) in [6.07, 6.45) is 0.107. The minimum absolute atomic E-state index is 0.0678. The third-order valence-electron chi connectivity index (χ3n) is 4.96. The first kappa shape index (κ1) is 21.3. The first-order valence-corrected chi connectivity index (χ1v) is 11.2. The molecule has 0 radical (unpaired) electrons. The smallest absolute Gasteiger partial charge is 0.264 e. The Bertz CT molecular complexity index is 941.